The van der Waals surface area contributed by atoms with Gasteiger partial charge in [-0.3, -0.25) is 10.1 Å². The fourth-order valence-corrected chi connectivity index (χ4v) is 1.60. The maximum Gasteiger partial charge on any atom is 0.296 e. The Morgan fingerprint density at radius 2 is 2.06 bits per heavy atom. The number of pyridine rings is 1. The van der Waals surface area contributed by atoms with E-state index in [0.717, 1.165) is 0 Å². The lowest BCUT2D eigenvalue weighted by Gasteiger charge is -2.06. The summed E-state index contributed by atoms with van der Waals surface area (Å²) in [6, 6.07) is 3.59. The Balaban J connectivity index is 0.000000686. The molecule has 0 aliphatic carbocycles. The molecule has 0 aromatic carbocycles. The number of aromatic nitrogens is 2. The van der Waals surface area contributed by atoms with Gasteiger partial charge in [0.05, 0.1) is 16.5 Å². The standard InChI is InChI=1S/C10H11N3O2.C2H6/c1-7(2)12-6-9(13(14)15)8-4-3-5-11-10(8)12;1-2/h3-7H,1-2H3;1-2H3. The Hall–Kier alpha value is -1.91. The highest BCUT2D eigenvalue weighted by Crippen LogP contribution is 2.28. The maximum atomic E-state index is 10.8. The van der Waals surface area contributed by atoms with Crippen LogP contribution in [0.2, 0.25) is 0 Å². The molecule has 0 spiro atoms. The van der Waals surface area contributed by atoms with Crippen molar-refractivity contribution in [1.82, 2.24) is 9.55 Å². The molecular weight excluding hydrogens is 218 g/mol. The molecule has 2 aromatic rings. The summed E-state index contributed by atoms with van der Waals surface area (Å²) in [5.74, 6) is 0. The van der Waals surface area contributed by atoms with Gasteiger partial charge < -0.3 is 4.57 Å². The van der Waals surface area contributed by atoms with E-state index >= 15 is 0 Å². The monoisotopic (exact) mass is 235 g/mol. The fourth-order valence-electron chi connectivity index (χ4n) is 1.60. The van der Waals surface area contributed by atoms with Crippen LogP contribution in [-0.2, 0) is 0 Å². The molecule has 0 N–H and O–H groups in total. The molecule has 5 heteroatoms. The molecule has 0 atom stereocenters. The van der Waals surface area contributed by atoms with Crippen molar-refractivity contribution in [3.8, 4) is 0 Å². The molecule has 0 fully saturated rings. The van der Waals surface area contributed by atoms with Crippen LogP contribution in [0.1, 0.15) is 33.7 Å². The summed E-state index contributed by atoms with van der Waals surface area (Å²) in [6.07, 6.45) is 3.19. The summed E-state index contributed by atoms with van der Waals surface area (Å²) in [4.78, 5) is 14.6. The summed E-state index contributed by atoms with van der Waals surface area (Å²) < 4.78 is 1.81. The van der Waals surface area contributed by atoms with Crippen LogP contribution in [-0.4, -0.2) is 14.5 Å². The van der Waals surface area contributed by atoms with Crippen molar-refractivity contribution in [2.45, 2.75) is 33.7 Å². The van der Waals surface area contributed by atoms with Crippen molar-refractivity contribution >= 4 is 16.7 Å². The molecule has 0 amide bonds. The predicted molar refractivity (Wildman–Crippen MR) is 68.1 cm³/mol. The van der Waals surface area contributed by atoms with Crippen LogP contribution in [0.4, 0.5) is 5.69 Å². The lowest BCUT2D eigenvalue weighted by atomic mass is 10.3. The van der Waals surface area contributed by atoms with E-state index in [-0.39, 0.29) is 16.7 Å². The van der Waals surface area contributed by atoms with Gasteiger partial charge in [-0.05, 0) is 26.0 Å². The van der Waals surface area contributed by atoms with E-state index in [9.17, 15) is 10.1 Å². The van der Waals surface area contributed by atoms with Gasteiger partial charge in [0.2, 0.25) is 0 Å². The normalized spacial score (nSPS) is 10.2. The second-order valence-corrected chi connectivity index (χ2v) is 3.65. The number of nitro groups is 1. The van der Waals surface area contributed by atoms with Crippen LogP contribution in [0.15, 0.2) is 24.5 Å². The summed E-state index contributed by atoms with van der Waals surface area (Å²) in [6.45, 7) is 7.94. The van der Waals surface area contributed by atoms with E-state index in [1.807, 2.05) is 32.3 Å². The fraction of sp³-hybridized carbons (Fsp3) is 0.417. The molecule has 5 nitrogen and oxygen atoms in total. The van der Waals surface area contributed by atoms with Gasteiger partial charge in [-0.15, -0.1) is 0 Å². The van der Waals surface area contributed by atoms with E-state index in [1.165, 1.54) is 0 Å². The summed E-state index contributed by atoms with van der Waals surface area (Å²) in [5, 5.41) is 11.4. The van der Waals surface area contributed by atoms with Crippen LogP contribution in [0.3, 0.4) is 0 Å². The quantitative estimate of drug-likeness (QED) is 0.590. The van der Waals surface area contributed by atoms with Gasteiger partial charge in [0.25, 0.3) is 5.69 Å². The molecule has 2 aromatic heterocycles. The molecule has 2 heterocycles. The first-order valence-corrected chi connectivity index (χ1v) is 5.71. The van der Waals surface area contributed by atoms with Crippen LogP contribution < -0.4 is 0 Å². The van der Waals surface area contributed by atoms with Crippen LogP contribution in [0.25, 0.3) is 11.0 Å². The molecule has 0 saturated heterocycles. The van der Waals surface area contributed by atoms with E-state index in [1.54, 1.807) is 24.5 Å². The highest BCUT2D eigenvalue weighted by molar-refractivity contribution is 5.86. The van der Waals surface area contributed by atoms with Crippen molar-refractivity contribution in [3.05, 3.63) is 34.6 Å². The zero-order valence-corrected chi connectivity index (χ0v) is 10.5. The topological polar surface area (TPSA) is 61.0 Å². The number of nitrogens with zero attached hydrogens (tertiary/aromatic N) is 3. The Labute approximate surface area is 100 Å². The van der Waals surface area contributed by atoms with E-state index in [0.29, 0.717) is 11.0 Å². The zero-order valence-electron chi connectivity index (χ0n) is 10.5. The predicted octanol–water partition coefficient (Wildman–Crippen LogP) is 3.55. The van der Waals surface area contributed by atoms with Gasteiger partial charge in [0.1, 0.15) is 5.65 Å². The Morgan fingerprint density at radius 1 is 1.41 bits per heavy atom. The van der Waals surface area contributed by atoms with Crippen molar-refractivity contribution in [1.29, 1.82) is 0 Å². The van der Waals surface area contributed by atoms with Gasteiger partial charge in [-0.1, -0.05) is 13.8 Å². The molecule has 0 bridgehead atoms. The molecular formula is C12H17N3O2. The zero-order chi connectivity index (χ0) is 13.0. The lowest BCUT2D eigenvalue weighted by molar-refractivity contribution is -0.383. The Kier molecular flexibility index (Phi) is 4.20. The minimum absolute atomic E-state index is 0.117. The van der Waals surface area contributed by atoms with Crippen molar-refractivity contribution in [2.24, 2.45) is 0 Å². The molecule has 2 rings (SSSR count). The van der Waals surface area contributed by atoms with Gasteiger partial charge in [-0.25, -0.2) is 4.98 Å². The average molecular weight is 235 g/mol. The first kappa shape index (κ1) is 13.2. The van der Waals surface area contributed by atoms with Gasteiger partial charge >= 0.3 is 0 Å². The SMILES string of the molecule is CC.CC(C)n1cc([N+](=O)[O-])c2cccnc21. The highest BCUT2D eigenvalue weighted by atomic mass is 16.6. The molecule has 92 valence electrons. The first-order chi connectivity index (χ1) is 8.11. The molecule has 0 aliphatic heterocycles. The number of hydrogen-bond donors (Lipinski definition) is 0. The summed E-state index contributed by atoms with van der Waals surface area (Å²) in [7, 11) is 0. The largest absolute Gasteiger partial charge is 0.323 e. The van der Waals surface area contributed by atoms with Crippen molar-refractivity contribution in [3.63, 3.8) is 0 Å². The highest BCUT2D eigenvalue weighted by Gasteiger charge is 2.18. The second-order valence-electron chi connectivity index (χ2n) is 3.65. The van der Waals surface area contributed by atoms with Crippen molar-refractivity contribution < 1.29 is 4.92 Å². The third-order valence-corrected chi connectivity index (χ3v) is 2.32. The lowest BCUT2D eigenvalue weighted by Crippen LogP contribution is -1.99. The van der Waals surface area contributed by atoms with Gasteiger partial charge in [0, 0.05) is 12.2 Å². The van der Waals surface area contributed by atoms with Crippen molar-refractivity contribution in [2.75, 3.05) is 0 Å². The molecule has 0 aliphatic rings. The molecule has 0 saturated carbocycles. The minimum atomic E-state index is -0.372. The minimum Gasteiger partial charge on any atom is -0.323 e. The van der Waals surface area contributed by atoms with Crippen LogP contribution in [0.5, 0.6) is 0 Å². The Bertz CT molecular complexity index is 517. The molecule has 0 radical (unpaired) electrons. The molecule has 0 unspecified atom stereocenters. The second kappa shape index (κ2) is 5.43. The van der Waals surface area contributed by atoms with Crippen LogP contribution in [0, 0.1) is 10.1 Å². The smallest absolute Gasteiger partial charge is 0.296 e. The number of hydrogen-bond acceptors (Lipinski definition) is 3. The Morgan fingerprint density at radius 3 is 2.59 bits per heavy atom. The third-order valence-electron chi connectivity index (χ3n) is 2.32. The molecule has 17 heavy (non-hydrogen) atoms. The first-order valence-electron chi connectivity index (χ1n) is 5.71. The van der Waals surface area contributed by atoms with E-state index in [2.05, 4.69) is 4.98 Å². The third kappa shape index (κ3) is 2.43. The van der Waals surface area contributed by atoms with Gasteiger partial charge in [0.15, 0.2) is 0 Å². The number of fused-ring (bicyclic) bond motifs is 1. The van der Waals surface area contributed by atoms with E-state index < -0.39 is 0 Å². The van der Waals surface area contributed by atoms with Gasteiger partial charge in [-0.2, -0.15) is 0 Å². The maximum absolute atomic E-state index is 10.8. The van der Waals surface area contributed by atoms with Crippen LogP contribution >= 0.6 is 0 Å². The summed E-state index contributed by atoms with van der Waals surface area (Å²) in [5.41, 5.74) is 0.783. The van der Waals surface area contributed by atoms with E-state index in [4.69, 9.17) is 0 Å². The average Bonchev–Trinajstić information content (AvgIpc) is 2.71. The number of rotatable bonds is 2. The summed E-state index contributed by atoms with van der Waals surface area (Å²) >= 11 is 0.